The van der Waals surface area contributed by atoms with Crippen molar-refractivity contribution in [1.82, 2.24) is 0 Å². The second-order valence-electron chi connectivity index (χ2n) is 5.62. The van der Waals surface area contributed by atoms with Crippen LogP contribution < -0.4 is 0 Å². The maximum absolute atomic E-state index is 3.93. The van der Waals surface area contributed by atoms with Crippen LogP contribution in [0.3, 0.4) is 0 Å². The van der Waals surface area contributed by atoms with Crippen molar-refractivity contribution in [3.05, 3.63) is 90.0 Å². The van der Waals surface area contributed by atoms with E-state index in [0.29, 0.717) is 0 Å². The van der Waals surface area contributed by atoms with Gasteiger partial charge in [0.2, 0.25) is 0 Å². The van der Waals surface area contributed by atoms with E-state index in [1.165, 1.54) is 27.5 Å². The first kappa shape index (κ1) is 16.0. The molecule has 0 radical (unpaired) electrons. The van der Waals surface area contributed by atoms with Gasteiger partial charge in [0, 0.05) is 0 Å². The molecule has 0 N–H and O–H groups in total. The summed E-state index contributed by atoms with van der Waals surface area (Å²) < 4.78 is 0. The van der Waals surface area contributed by atoms with E-state index in [1.807, 2.05) is 6.92 Å². The van der Waals surface area contributed by atoms with E-state index >= 15 is 0 Å². The van der Waals surface area contributed by atoms with Gasteiger partial charge in [-0.15, -0.1) is 0 Å². The van der Waals surface area contributed by atoms with Crippen molar-refractivity contribution >= 4 is 16.3 Å². The Bertz CT molecular complexity index is 766. The molecule has 0 heteroatoms. The van der Waals surface area contributed by atoms with Crippen molar-refractivity contribution in [3.63, 3.8) is 0 Å². The summed E-state index contributed by atoms with van der Waals surface area (Å²) in [6.07, 6.45) is 1.15. The van der Waals surface area contributed by atoms with Crippen LogP contribution in [0, 0.1) is 6.92 Å². The summed E-state index contributed by atoms with van der Waals surface area (Å²) >= 11 is 0. The molecule has 0 amide bonds. The summed E-state index contributed by atoms with van der Waals surface area (Å²) in [5.74, 6) is 0. The van der Waals surface area contributed by atoms with Gasteiger partial charge in [-0.25, -0.2) is 0 Å². The maximum Gasteiger partial charge on any atom is -0.0178 e. The molecule has 0 aromatic heterocycles. The zero-order chi connectivity index (χ0) is 15.9. The topological polar surface area (TPSA) is 0 Å². The molecule has 0 aliphatic heterocycles. The van der Waals surface area contributed by atoms with E-state index in [2.05, 4.69) is 87.2 Å². The molecule has 112 valence electrons. The molecule has 0 heterocycles. The molecule has 0 aliphatic carbocycles. The minimum atomic E-state index is 1.12. The Balaban J connectivity index is 0.000000172. The van der Waals surface area contributed by atoms with Gasteiger partial charge in [0.05, 0.1) is 0 Å². The predicted octanol–water partition coefficient (Wildman–Crippen LogP) is 6.43. The lowest BCUT2D eigenvalue weighted by atomic mass is 10.0. The first-order valence-electron chi connectivity index (χ1n) is 7.81. The molecular weight excluding hydrogens is 264 g/mol. The first-order valence-corrected chi connectivity index (χ1v) is 7.81. The Labute approximate surface area is 134 Å². The lowest BCUT2D eigenvalue weighted by Crippen LogP contribution is -1.82. The molecule has 0 saturated carbocycles. The van der Waals surface area contributed by atoms with E-state index in [4.69, 9.17) is 0 Å². The number of hydrogen-bond donors (Lipinski definition) is 0. The molecule has 0 nitrogen and oxygen atoms in total. The van der Waals surface area contributed by atoms with Crippen LogP contribution in [-0.2, 0) is 6.42 Å². The third-order valence-corrected chi connectivity index (χ3v) is 3.88. The number of benzene rings is 3. The molecule has 0 unspecified atom stereocenters. The van der Waals surface area contributed by atoms with Crippen LogP contribution in [0.2, 0.25) is 0 Å². The van der Waals surface area contributed by atoms with Crippen molar-refractivity contribution in [2.24, 2.45) is 0 Å². The van der Waals surface area contributed by atoms with Crippen LogP contribution in [-0.4, -0.2) is 0 Å². The predicted molar refractivity (Wildman–Crippen MR) is 99.2 cm³/mol. The molecule has 0 spiro atoms. The minimum absolute atomic E-state index is 1.12. The first-order chi connectivity index (χ1) is 10.6. The van der Waals surface area contributed by atoms with Crippen molar-refractivity contribution in [1.29, 1.82) is 0 Å². The molecule has 0 fully saturated rings. The highest BCUT2D eigenvalue weighted by Crippen LogP contribution is 2.19. The zero-order valence-electron chi connectivity index (χ0n) is 13.8. The molecule has 0 bridgehead atoms. The SMILES string of the molecule is C=C(C)c1ccc2ccccc2c1.CCc1ccccc1C. The van der Waals surface area contributed by atoms with Gasteiger partial charge in [0.15, 0.2) is 0 Å². The Morgan fingerprint density at radius 2 is 1.50 bits per heavy atom. The van der Waals surface area contributed by atoms with Crippen LogP contribution in [0.4, 0.5) is 0 Å². The third-order valence-electron chi connectivity index (χ3n) is 3.88. The number of fused-ring (bicyclic) bond motifs is 1. The summed E-state index contributed by atoms with van der Waals surface area (Å²) in [6, 6.07) is 23.3. The van der Waals surface area contributed by atoms with Gasteiger partial charge in [-0.3, -0.25) is 0 Å². The van der Waals surface area contributed by atoms with Crippen LogP contribution in [0.25, 0.3) is 16.3 Å². The average Bonchev–Trinajstić information content (AvgIpc) is 2.55. The van der Waals surface area contributed by atoms with Crippen molar-refractivity contribution < 1.29 is 0 Å². The second-order valence-corrected chi connectivity index (χ2v) is 5.62. The molecule has 0 atom stereocenters. The fraction of sp³-hybridized carbons (Fsp3) is 0.182. The summed E-state index contributed by atoms with van der Waals surface area (Å²) in [6.45, 7) is 10.3. The van der Waals surface area contributed by atoms with Crippen LogP contribution >= 0.6 is 0 Å². The number of allylic oxidation sites excluding steroid dienone is 1. The monoisotopic (exact) mass is 288 g/mol. The molecule has 22 heavy (non-hydrogen) atoms. The highest BCUT2D eigenvalue weighted by molar-refractivity contribution is 5.85. The number of aryl methyl sites for hydroxylation is 2. The van der Waals surface area contributed by atoms with E-state index in [-0.39, 0.29) is 0 Å². The Kier molecular flexibility index (Phi) is 5.55. The highest BCUT2D eigenvalue weighted by atomic mass is 14.0. The van der Waals surface area contributed by atoms with E-state index in [9.17, 15) is 0 Å². The Morgan fingerprint density at radius 3 is 2.09 bits per heavy atom. The van der Waals surface area contributed by atoms with E-state index in [1.54, 1.807) is 0 Å². The smallest absolute Gasteiger partial charge is 0.0178 e. The van der Waals surface area contributed by atoms with Gasteiger partial charge >= 0.3 is 0 Å². The molecule has 3 aromatic rings. The van der Waals surface area contributed by atoms with Crippen LogP contribution in [0.15, 0.2) is 73.3 Å². The lowest BCUT2D eigenvalue weighted by Gasteiger charge is -2.01. The number of hydrogen-bond acceptors (Lipinski definition) is 0. The molecule has 0 saturated heterocycles. The minimum Gasteiger partial charge on any atom is -0.0955 e. The van der Waals surface area contributed by atoms with Gasteiger partial charge in [0.25, 0.3) is 0 Å². The summed E-state index contributed by atoms with van der Waals surface area (Å²) in [7, 11) is 0. The van der Waals surface area contributed by atoms with Crippen LogP contribution in [0.5, 0.6) is 0 Å². The second kappa shape index (κ2) is 7.61. The largest absolute Gasteiger partial charge is 0.0955 e. The standard InChI is InChI=1S/C13H12.C9H12/c1-10(2)12-8-7-11-5-3-4-6-13(11)9-12;1-3-9-7-5-4-6-8(9)2/h3-9H,1H2,2H3;4-7H,3H2,1-2H3. The van der Waals surface area contributed by atoms with Gasteiger partial charge in [0.1, 0.15) is 0 Å². The van der Waals surface area contributed by atoms with Gasteiger partial charge in [-0.1, -0.05) is 79.7 Å². The van der Waals surface area contributed by atoms with Crippen molar-refractivity contribution in [2.75, 3.05) is 0 Å². The molecular formula is C22H24. The van der Waals surface area contributed by atoms with Crippen molar-refractivity contribution in [2.45, 2.75) is 27.2 Å². The van der Waals surface area contributed by atoms with E-state index < -0.39 is 0 Å². The third kappa shape index (κ3) is 4.08. The zero-order valence-corrected chi connectivity index (χ0v) is 13.8. The maximum atomic E-state index is 3.93. The lowest BCUT2D eigenvalue weighted by molar-refractivity contribution is 1.11. The van der Waals surface area contributed by atoms with E-state index in [0.717, 1.165) is 12.0 Å². The quantitative estimate of drug-likeness (QED) is 0.509. The summed E-state index contributed by atoms with van der Waals surface area (Å²) in [5.41, 5.74) is 5.20. The van der Waals surface area contributed by atoms with Gasteiger partial charge in [-0.2, -0.15) is 0 Å². The highest BCUT2D eigenvalue weighted by Gasteiger charge is 1.95. The van der Waals surface area contributed by atoms with Gasteiger partial charge in [-0.05, 0) is 53.8 Å². The normalized spacial score (nSPS) is 9.95. The van der Waals surface area contributed by atoms with Gasteiger partial charge < -0.3 is 0 Å². The summed E-state index contributed by atoms with van der Waals surface area (Å²) in [5, 5.41) is 2.57. The fourth-order valence-electron chi connectivity index (χ4n) is 2.46. The summed E-state index contributed by atoms with van der Waals surface area (Å²) in [4.78, 5) is 0. The molecule has 0 aliphatic rings. The number of rotatable bonds is 2. The Morgan fingerprint density at radius 1 is 0.864 bits per heavy atom. The average molecular weight is 288 g/mol. The van der Waals surface area contributed by atoms with Crippen molar-refractivity contribution in [3.8, 4) is 0 Å². The fourth-order valence-corrected chi connectivity index (χ4v) is 2.46. The molecule has 3 aromatic carbocycles. The molecule has 3 rings (SSSR count). The Hall–Kier alpha value is -2.34. The van der Waals surface area contributed by atoms with Crippen LogP contribution in [0.1, 0.15) is 30.5 Å².